The predicted molar refractivity (Wildman–Crippen MR) is 83.1 cm³/mol. The number of benzene rings is 1. The maximum absolute atomic E-state index is 11.6. The molecule has 1 aromatic rings. The van der Waals surface area contributed by atoms with Crippen LogP contribution in [0.1, 0.15) is 25.8 Å². The Morgan fingerprint density at radius 2 is 2.15 bits per heavy atom. The Kier molecular flexibility index (Phi) is 5.41. The zero-order chi connectivity index (χ0) is 14.4. The molecule has 1 amide bonds. The largest absolute Gasteiger partial charge is 0.371 e. The van der Waals surface area contributed by atoms with Crippen molar-refractivity contribution in [1.82, 2.24) is 10.6 Å². The lowest BCUT2D eigenvalue weighted by atomic mass is 10.2. The van der Waals surface area contributed by atoms with E-state index in [9.17, 15) is 4.79 Å². The molecule has 1 heterocycles. The summed E-state index contributed by atoms with van der Waals surface area (Å²) in [5, 5.41) is 6.08. The van der Waals surface area contributed by atoms with Crippen LogP contribution in [0.5, 0.6) is 0 Å². The number of nitrogens with zero attached hydrogens (tertiary/aromatic N) is 1. The van der Waals surface area contributed by atoms with Gasteiger partial charge in [-0.05, 0) is 24.5 Å². The Balaban J connectivity index is 1.64. The van der Waals surface area contributed by atoms with Gasteiger partial charge in [-0.3, -0.25) is 4.79 Å². The topological polar surface area (TPSA) is 44.4 Å². The van der Waals surface area contributed by atoms with Crippen molar-refractivity contribution in [1.29, 1.82) is 0 Å². The van der Waals surface area contributed by atoms with Crippen LogP contribution in [0.3, 0.4) is 0 Å². The van der Waals surface area contributed by atoms with Crippen molar-refractivity contribution in [3.05, 3.63) is 29.8 Å². The number of hydrogen-bond donors (Lipinski definition) is 2. The van der Waals surface area contributed by atoms with Crippen LogP contribution in [-0.2, 0) is 11.2 Å². The van der Waals surface area contributed by atoms with Crippen LogP contribution >= 0.6 is 0 Å². The van der Waals surface area contributed by atoms with Crippen LogP contribution in [0.15, 0.2) is 24.3 Å². The number of rotatable bonds is 7. The molecule has 0 saturated carbocycles. The molecular weight excluding hydrogens is 250 g/mol. The molecule has 4 heteroatoms. The van der Waals surface area contributed by atoms with E-state index >= 15 is 0 Å². The van der Waals surface area contributed by atoms with Crippen molar-refractivity contribution < 1.29 is 4.79 Å². The third-order valence-corrected chi connectivity index (χ3v) is 3.58. The number of anilines is 1. The first kappa shape index (κ1) is 14.9. The maximum atomic E-state index is 11.6. The second-order valence-electron chi connectivity index (χ2n) is 5.60. The molecule has 1 aromatic carbocycles. The van der Waals surface area contributed by atoms with Crippen LogP contribution in [0.2, 0.25) is 0 Å². The van der Waals surface area contributed by atoms with Gasteiger partial charge >= 0.3 is 0 Å². The van der Waals surface area contributed by atoms with Gasteiger partial charge in [0.1, 0.15) is 0 Å². The number of hydrogen-bond acceptors (Lipinski definition) is 3. The molecule has 0 saturated heterocycles. The summed E-state index contributed by atoms with van der Waals surface area (Å²) >= 11 is 0. The summed E-state index contributed by atoms with van der Waals surface area (Å²) in [5.74, 6) is 0.0838. The smallest absolute Gasteiger partial charge is 0.233 e. The highest BCUT2D eigenvalue weighted by atomic mass is 16.1. The van der Waals surface area contributed by atoms with E-state index in [4.69, 9.17) is 0 Å². The van der Waals surface area contributed by atoms with E-state index < -0.39 is 0 Å². The summed E-state index contributed by atoms with van der Waals surface area (Å²) in [6.45, 7) is 7.34. The van der Waals surface area contributed by atoms with Crippen molar-refractivity contribution in [3.63, 3.8) is 0 Å². The highest BCUT2D eigenvalue weighted by molar-refractivity contribution is 5.77. The van der Waals surface area contributed by atoms with Gasteiger partial charge in [-0.2, -0.15) is 0 Å². The van der Waals surface area contributed by atoms with Gasteiger partial charge in [-0.25, -0.2) is 0 Å². The van der Waals surface area contributed by atoms with E-state index in [0.717, 1.165) is 32.5 Å². The molecule has 0 bridgehead atoms. The third kappa shape index (κ3) is 4.23. The van der Waals surface area contributed by atoms with Crippen molar-refractivity contribution in [2.24, 2.45) is 0 Å². The zero-order valence-electron chi connectivity index (χ0n) is 12.5. The summed E-state index contributed by atoms with van der Waals surface area (Å²) in [6, 6.07) is 8.94. The van der Waals surface area contributed by atoms with E-state index in [1.165, 1.54) is 11.3 Å². The summed E-state index contributed by atoms with van der Waals surface area (Å²) in [7, 11) is 0. The van der Waals surface area contributed by atoms with Crippen molar-refractivity contribution in [2.75, 3.05) is 31.1 Å². The van der Waals surface area contributed by atoms with E-state index in [0.29, 0.717) is 12.6 Å². The normalized spacial score (nSPS) is 13.7. The van der Waals surface area contributed by atoms with E-state index in [2.05, 4.69) is 39.8 Å². The number of para-hydroxylation sites is 1. The van der Waals surface area contributed by atoms with E-state index in [-0.39, 0.29) is 5.91 Å². The van der Waals surface area contributed by atoms with Gasteiger partial charge in [-0.1, -0.05) is 32.0 Å². The lowest BCUT2D eigenvalue weighted by molar-refractivity contribution is -0.120. The maximum Gasteiger partial charge on any atom is 0.233 e. The SMILES string of the molecule is CC(C)NCC(=O)NCCCN1CCc2ccccc21. The van der Waals surface area contributed by atoms with E-state index in [1.807, 2.05) is 13.8 Å². The van der Waals surface area contributed by atoms with Gasteiger partial charge in [0, 0.05) is 31.4 Å². The number of nitrogens with one attached hydrogen (secondary N) is 2. The highest BCUT2D eigenvalue weighted by Crippen LogP contribution is 2.27. The molecule has 20 heavy (non-hydrogen) atoms. The van der Waals surface area contributed by atoms with Crippen molar-refractivity contribution >= 4 is 11.6 Å². The third-order valence-electron chi connectivity index (χ3n) is 3.58. The summed E-state index contributed by atoms with van der Waals surface area (Å²) in [6.07, 6.45) is 2.13. The number of carbonyl (C=O) groups excluding carboxylic acids is 1. The minimum Gasteiger partial charge on any atom is -0.371 e. The number of carbonyl (C=O) groups is 1. The second-order valence-corrected chi connectivity index (χ2v) is 5.60. The molecule has 0 aliphatic carbocycles. The van der Waals surface area contributed by atoms with Crippen LogP contribution in [-0.4, -0.2) is 38.1 Å². The average molecular weight is 275 g/mol. The van der Waals surface area contributed by atoms with Crippen LogP contribution in [0.25, 0.3) is 0 Å². The fourth-order valence-corrected chi connectivity index (χ4v) is 2.50. The molecule has 0 spiro atoms. The average Bonchev–Trinajstić information content (AvgIpc) is 2.85. The molecule has 2 rings (SSSR count). The van der Waals surface area contributed by atoms with Crippen LogP contribution in [0.4, 0.5) is 5.69 Å². The zero-order valence-corrected chi connectivity index (χ0v) is 12.5. The Morgan fingerprint density at radius 3 is 2.95 bits per heavy atom. The Hall–Kier alpha value is -1.55. The molecule has 110 valence electrons. The van der Waals surface area contributed by atoms with E-state index in [1.54, 1.807) is 0 Å². The first-order valence-corrected chi connectivity index (χ1v) is 7.50. The van der Waals surface area contributed by atoms with Gasteiger partial charge in [-0.15, -0.1) is 0 Å². The Bertz CT molecular complexity index is 445. The fraction of sp³-hybridized carbons (Fsp3) is 0.562. The van der Waals surface area contributed by atoms with Gasteiger partial charge in [0.15, 0.2) is 0 Å². The summed E-state index contributed by atoms with van der Waals surface area (Å²) in [4.78, 5) is 14.0. The standard InChI is InChI=1S/C16H25N3O/c1-13(2)18-12-16(20)17-9-5-10-19-11-8-14-6-3-4-7-15(14)19/h3-4,6-7,13,18H,5,8-12H2,1-2H3,(H,17,20). The van der Waals surface area contributed by atoms with Gasteiger partial charge in [0.2, 0.25) is 5.91 Å². The van der Waals surface area contributed by atoms with Crippen LogP contribution < -0.4 is 15.5 Å². The van der Waals surface area contributed by atoms with Gasteiger partial charge in [0.05, 0.1) is 6.54 Å². The lowest BCUT2D eigenvalue weighted by Gasteiger charge is -2.19. The molecule has 0 atom stereocenters. The molecule has 0 radical (unpaired) electrons. The Morgan fingerprint density at radius 1 is 1.35 bits per heavy atom. The quantitative estimate of drug-likeness (QED) is 0.742. The minimum absolute atomic E-state index is 0.0838. The second kappa shape index (κ2) is 7.29. The number of fused-ring (bicyclic) bond motifs is 1. The minimum atomic E-state index is 0.0838. The molecule has 0 fully saturated rings. The van der Waals surface area contributed by atoms with Gasteiger partial charge in [0.25, 0.3) is 0 Å². The molecule has 2 N–H and O–H groups in total. The molecule has 1 aliphatic heterocycles. The lowest BCUT2D eigenvalue weighted by Crippen LogP contribution is -2.38. The van der Waals surface area contributed by atoms with Crippen molar-refractivity contribution in [3.8, 4) is 0 Å². The Labute approximate surface area is 121 Å². The first-order valence-electron chi connectivity index (χ1n) is 7.50. The molecular formula is C16H25N3O. The fourth-order valence-electron chi connectivity index (χ4n) is 2.50. The predicted octanol–water partition coefficient (Wildman–Crippen LogP) is 1.55. The highest BCUT2D eigenvalue weighted by Gasteiger charge is 2.17. The molecule has 0 unspecified atom stereocenters. The molecule has 0 aromatic heterocycles. The monoisotopic (exact) mass is 275 g/mol. The van der Waals surface area contributed by atoms with Crippen molar-refractivity contribution in [2.45, 2.75) is 32.7 Å². The molecule has 1 aliphatic rings. The van der Waals surface area contributed by atoms with Crippen LogP contribution in [0, 0.1) is 0 Å². The molecule has 4 nitrogen and oxygen atoms in total. The van der Waals surface area contributed by atoms with Gasteiger partial charge < -0.3 is 15.5 Å². The number of amides is 1. The first-order chi connectivity index (χ1) is 9.66. The summed E-state index contributed by atoms with van der Waals surface area (Å²) in [5.41, 5.74) is 2.80. The summed E-state index contributed by atoms with van der Waals surface area (Å²) < 4.78 is 0.